The van der Waals surface area contributed by atoms with Crippen LogP contribution in [-0.4, -0.2) is 24.9 Å². The minimum atomic E-state index is 0.573. The van der Waals surface area contributed by atoms with Gasteiger partial charge in [0.15, 0.2) is 0 Å². The Balaban J connectivity index is 1.42. The van der Waals surface area contributed by atoms with Crippen molar-refractivity contribution in [2.24, 2.45) is 0 Å². The van der Waals surface area contributed by atoms with E-state index in [4.69, 9.17) is 4.98 Å². The van der Waals surface area contributed by atoms with E-state index in [0.29, 0.717) is 12.5 Å². The monoisotopic (exact) mass is 391 g/mol. The average Bonchev–Trinajstić information content (AvgIpc) is 3.23. The Morgan fingerprint density at radius 2 is 1.77 bits per heavy atom. The summed E-state index contributed by atoms with van der Waals surface area (Å²) in [5, 5.41) is 7.89. The van der Waals surface area contributed by atoms with E-state index in [-0.39, 0.29) is 0 Å². The van der Waals surface area contributed by atoms with Crippen LogP contribution >= 0.6 is 0 Å². The first-order chi connectivity index (χ1) is 14.9. The topological polar surface area (TPSA) is 91.4 Å². The Morgan fingerprint density at radius 1 is 0.833 bits per heavy atom. The number of aromatic amines is 1. The zero-order valence-corrected chi connectivity index (χ0v) is 15.9. The van der Waals surface area contributed by atoms with Crippen LogP contribution in [0.1, 0.15) is 5.56 Å². The first-order valence-corrected chi connectivity index (χ1v) is 9.70. The standard InChI is InChI=1S/C23H17N7/c1-2-6-19-16(4-1)18-13-28-23(30-20(18)17-5-3-9-24-22(17)29-19)27-12-14-7-10-25-21-15(14)8-11-26-21/h1-11,13H,12H2,(H,24,29)(H,25,26)(H,27,28,30). The summed E-state index contributed by atoms with van der Waals surface area (Å²) in [4.78, 5) is 21.5. The zero-order chi connectivity index (χ0) is 19.9. The number of anilines is 3. The van der Waals surface area contributed by atoms with Gasteiger partial charge < -0.3 is 15.6 Å². The van der Waals surface area contributed by atoms with E-state index in [2.05, 4.69) is 36.6 Å². The van der Waals surface area contributed by atoms with Crippen molar-refractivity contribution in [3.8, 4) is 22.4 Å². The number of benzene rings is 1. The van der Waals surface area contributed by atoms with Gasteiger partial charge in [-0.1, -0.05) is 18.2 Å². The van der Waals surface area contributed by atoms with Crippen LogP contribution in [-0.2, 0) is 6.54 Å². The maximum atomic E-state index is 4.87. The predicted molar refractivity (Wildman–Crippen MR) is 117 cm³/mol. The Morgan fingerprint density at radius 3 is 2.77 bits per heavy atom. The van der Waals surface area contributed by atoms with Crippen LogP contribution in [0.4, 0.5) is 17.5 Å². The van der Waals surface area contributed by atoms with E-state index in [0.717, 1.165) is 50.5 Å². The fourth-order valence-corrected chi connectivity index (χ4v) is 3.87. The van der Waals surface area contributed by atoms with Gasteiger partial charge in [-0.3, -0.25) is 0 Å². The molecule has 6 rings (SSSR count). The fraction of sp³-hybridized carbons (Fsp3) is 0.0435. The Kier molecular flexibility index (Phi) is 3.70. The molecular weight excluding hydrogens is 374 g/mol. The van der Waals surface area contributed by atoms with Crippen molar-refractivity contribution in [2.45, 2.75) is 6.54 Å². The molecule has 0 spiro atoms. The minimum Gasteiger partial charge on any atom is -0.350 e. The molecule has 144 valence electrons. The zero-order valence-electron chi connectivity index (χ0n) is 15.9. The van der Waals surface area contributed by atoms with E-state index in [1.807, 2.05) is 54.9 Å². The lowest BCUT2D eigenvalue weighted by Gasteiger charge is -2.11. The van der Waals surface area contributed by atoms with E-state index < -0.39 is 0 Å². The number of H-pyrrole nitrogens is 1. The molecule has 1 aromatic carbocycles. The Bertz CT molecular complexity index is 1390. The van der Waals surface area contributed by atoms with Crippen LogP contribution in [0.15, 0.2) is 73.3 Å². The molecule has 30 heavy (non-hydrogen) atoms. The van der Waals surface area contributed by atoms with Gasteiger partial charge in [0.25, 0.3) is 0 Å². The van der Waals surface area contributed by atoms with Crippen LogP contribution in [0, 0.1) is 0 Å². The van der Waals surface area contributed by atoms with Crippen LogP contribution in [0.2, 0.25) is 0 Å². The van der Waals surface area contributed by atoms with Crippen LogP contribution < -0.4 is 10.6 Å². The normalized spacial score (nSPS) is 11.7. The average molecular weight is 391 g/mol. The number of hydrogen-bond donors (Lipinski definition) is 3. The number of para-hydroxylation sites is 1. The highest BCUT2D eigenvalue weighted by molar-refractivity contribution is 5.95. The van der Waals surface area contributed by atoms with Crippen molar-refractivity contribution >= 4 is 28.5 Å². The maximum absolute atomic E-state index is 4.87. The van der Waals surface area contributed by atoms with Crippen LogP contribution in [0.5, 0.6) is 0 Å². The third-order valence-electron chi connectivity index (χ3n) is 5.31. The molecule has 0 bridgehead atoms. The number of nitrogens with zero attached hydrogens (tertiary/aromatic N) is 4. The molecule has 1 aliphatic heterocycles. The molecule has 3 N–H and O–H groups in total. The molecule has 7 heteroatoms. The minimum absolute atomic E-state index is 0.573. The summed E-state index contributed by atoms with van der Waals surface area (Å²) in [5.74, 6) is 1.36. The van der Waals surface area contributed by atoms with E-state index in [1.165, 1.54) is 0 Å². The largest absolute Gasteiger partial charge is 0.350 e. The highest BCUT2D eigenvalue weighted by Gasteiger charge is 2.21. The third kappa shape index (κ3) is 2.68. The van der Waals surface area contributed by atoms with Gasteiger partial charge in [0.05, 0.1) is 5.69 Å². The summed E-state index contributed by atoms with van der Waals surface area (Å²) in [7, 11) is 0. The maximum Gasteiger partial charge on any atom is 0.223 e. The second-order valence-corrected chi connectivity index (χ2v) is 7.09. The highest BCUT2D eigenvalue weighted by atomic mass is 15.1. The van der Waals surface area contributed by atoms with Gasteiger partial charge in [-0.15, -0.1) is 0 Å². The number of pyridine rings is 2. The second-order valence-electron chi connectivity index (χ2n) is 7.09. The summed E-state index contributed by atoms with van der Waals surface area (Å²) in [6, 6.07) is 16.1. The molecule has 0 unspecified atom stereocenters. The lowest BCUT2D eigenvalue weighted by molar-refractivity contribution is 1.06. The molecule has 1 aliphatic rings. The molecular formula is C23H17N7. The lowest BCUT2D eigenvalue weighted by atomic mass is 10.0. The van der Waals surface area contributed by atoms with Gasteiger partial charge in [0, 0.05) is 59.1 Å². The molecule has 0 saturated carbocycles. The van der Waals surface area contributed by atoms with E-state index in [9.17, 15) is 0 Å². The van der Waals surface area contributed by atoms with Crippen molar-refractivity contribution in [1.29, 1.82) is 0 Å². The number of rotatable bonds is 3. The lowest BCUT2D eigenvalue weighted by Crippen LogP contribution is -2.05. The van der Waals surface area contributed by atoms with Crippen LogP contribution in [0.3, 0.4) is 0 Å². The number of fused-ring (bicyclic) bond motifs is 6. The van der Waals surface area contributed by atoms with Gasteiger partial charge in [-0.2, -0.15) is 0 Å². The molecule has 0 amide bonds. The van der Waals surface area contributed by atoms with Gasteiger partial charge in [-0.25, -0.2) is 19.9 Å². The molecule has 0 fully saturated rings. The number of aromatic nitrogens is 5. The molecule has 0 saturated heterocycles. The number of hydrogen-bond acceptors (Lipinski definition) is 6. The summed E-state index contributed by atoms with van der Waals surface area (Å²) in [6.45, 7) is 0.602. The third-order valence-corrected chi connectivity index (χ3v) is 5.31. The summed E-state index contributed by atoms with van der Waals surface area (Å²) < 4.78 is 0. The van der Waals surface area contributed by atoms with Crippen molar-refractivity contribution in [1.82, 2.24) is 24.9 Å². The van der Waals surface area contributed by atoms with E-state index in [1.54, 1.807) is 12.4 Å². The van der Waals surface area contributed by atoms with Gasteiger partial charge in [0.1, 0.15) is 11.5 Å². The molecule has 0 aliphatic carbocycles. The van der Waals surface area contributed by atoms with Crippen molar-refractivity contribution in [3.63, 3.8) is 0 Å². The quantitative estimate of drug-likeness (QED) is 0.403. The molecule has 5 heterocycles. The smallest absolute Gasteiger partial charge is 0.223 e. The van der Waals surface area contributed by atoms with E-state index >= 15 is 0 Å². The van der Waals surface area contributed by atoms with Crippen molar-refractivity contribution in [3.05, 3.63) is 78.9 Å². The molecule has 4 aromatic heterocycles. The second kappa shape index (κ2) is 6.66. The van der Waals surface area contributed by atoms with Crippen LogP contribution in [0.25, 0.3) is 33.4 Å². The van der Waals surface area contributed by atoms with Gasteiger partial charge in [0.2, 0.25) is 5.95 Å². The Labute approximate surface area is 172 Å². The Hall–Kier alpha value is -4.26. The summed E-state index contributed by atoms with van der Waals surface area (Å²) in [5.41, 5.74) is 6.84. The highest BCUT2D eigenvalue weighted by Crippen LogP contribution is 2.42. The fourth-order valence-electron chi connectivity index (χ4n) is 3.87. The summed E-state index contributed by atoms with van der Waals surface area (Å²) >= 11 is 0. The van der Waals surface area contributed by atoms with Gasteiger partial charge >= 0.3 is 0 Å². The first-order valence-electron chi connectivity index (χ1n) is 9.70. The SMILES string of the molecule is c1ccc2c(c1)Nc1ncccc1-c1nc(NCc3ccnc4[nH]ccc34)ncc1-2. The molecule has 0 atom stereocenters. The number of nitrogens with one attached hydrogen (secondary N) is 3. The van der Waals surface area contributed by atoms with Crippen molar-refractivity contribution < 1.29 is 0 Å². The van der Waals surface area contributed by atoms with Gasteiger partial charge in [-0.05, 0) is 35.9 Å². The molecule has 5 aromatic rings. The summed E-state index contributed by atoms with van der Waals surface area (Å²) in [6.07, 6.45) is 7.36. The van der Waals surface area contributed by atoms with Crippen molar-refractivity contribution in [2.75, 3.05) is 10.6 Å². The molecule has 0 radical (unpaired) electrons. The molecule has 7 nitrogen and oxygen atoms in total. The predicted octanol–water partition coefficient (Wildman–Crippen LogP) is 4.75. The first kappa shape index (κ1) is 16.7.